The standard InChI is InChI=1S/C35H35N2OS.C19H16N.Ir/c1-20-11-9-12-21(2)29(20)26-17-27(36-19-22(26)18-34(3,4)5)25-14-10-13-23-24-15-16-28-30(32(24)38-31(23)25)37-33(39-28)35(6,7)8;1-14-8-10-17(11-9-14)19-12-18(15(2)13-20-19)16-6-4-3-5-7-16;/h9-13,15-17,19H,18H2,1-8H3;3-10,12-13H,1-2H3;/q2*-1;. The molecule has 0 atom stereocenters. The summed E-state index contributed by atoms with van der Waals surface area (Å²) in [5, 5.41) is 3.27. The Hall–Kier alpha value is -5.26. The second-order valence-corrected chi connectivity index (χ2v) is 19.0. The van der Waals surface area contributed by atoms with Crippen molar-refractivity contribution >= 4 is 43.5 Å². The monoisotopic (exact) mass is 982 g/mol. The van der Waals surface area contributed by atoms with Gasteiger partial charge in [-0.3, -0.25) is 0 Å². The van der Waals surface area contributed by atoms with Crippen LogP contribution in [0, 0.1) is 45.2 Å². The smallest absolute Gasteiger partial charge is 0.148 e. The minimum atomic E-state index is -0.0101. The maximum Gasteiger partial charge on any atom is 0.148 e. The van der Waals surface area contributed by atoms with E-state index in [1.165, 1.54) is 50.1 Å². The average molecular weight is 982 g/mol. The van der Waals surface area contributed by atoms with Crippen LogP contribution >= 0.6 is 11.3 Å². The number of furan rings is 1. The maximum absolute atomic E-state index is 6.65. The third-order valence-electron chi connectivity index (χ3n) is 10.7. The molecule has 6 heteroatoms. The minimum Gasteiger partial charge on any atom is -0.498 e. The van der Waals surface area contributed by atoms with E-state index in [-0.39, 0.29) is 30.9 Å². The number of hydrogen-bond acceptors (Lipinski definition) is 5. The van der Waals surface area contributed by atoms with Gasteiger partial charge in [-0.25, -0.2) is 4.98 Å². The van der Waals surface area contributed by atoms with E-state index in [0.717, 1.165) is 66.1 Å². The summed E-state index contributed by atoms with van der Waals surface area (Å²) >= 11 is 1.75. The topological polar surface area (TPSA) is 51.8 Å². The zero-order chi connectivity index (χ0) is 41.6. The Labute approximate surface area is 372 Å². The van der Waals surface area contributed by atoms with Gasteiger partial charge in [-0.1, -0.05) is 126 Å². The average Bonchev–Trinajstić information content (AvgIpc) is 3.82. The molecular weight excluding hydrogens is 931 g/mol. The molecule has 9 aromatic rings. The van der Waals surface area contributed by atoms with Crippen molar-refractivity contribution in [2.24, 2.45) is 5.41 Å². The summed E-state index contributed by atoms with van der Waals surface area (Å²) < 4.78 is 7.81. The third kappa shape index (κ3) is 8.79. The van der Waals surface area contributed by atoms with Gasteiger partial charge >= 0.3 is 0 Å². The largest absolute Gasteiger partial charge is 0.498 e. The Bertz CT molecular complexity index is 2940. The van der Waals surface area contributed by atoms with Gasteiger partial charge in [0.25, 0.3) is 0 Å². The Morgan fingerprint density at radius 2 is 1.37 bits per heavy atom. The molecule has 0 amide bonds. The molecule has 0 saturated carbocycles. The van der Waals surface area contributed by atoms with Crippen LogP contribution in [0.1, 0.15) is 74.4 Å². The van der Waals surface area contributed by atoms with Gasteiger partial charge in [0.05, 0.1) is 15.3 Å². The molecule has 0 unspecified atom stereocenters. The molecule has 0 aliphatic rings. The summed E-state index contributed by atoms with van der Waals surface area (Å²) in [6, 6.07) is 42.7. The second kappa shape index (κ2) is 17.0. The van der Waals surface area contributed by atoms with Crippen LogP contribution in [-0.4, -0.2) is 15.0 Å². The molecule has 0 bridgehead atoms. The number of pyridine rings is 2. The third-order valence-corrected chi connectivity index (χ3v) is 12.2. The SMILES string of the molecule is Cc1c[c-]c(-c2cc(-c3ccccc3)c(C)cn2)cc1.Cc1cccc(C)c1-c1cc(-c2[c-]ccc3c2oc2c3ccc3sc(C(C)(C)C)nc32)ncc1CC(C)(C)C.[Ir]. The van der Waals surface area contributed by atoms with Crippen LogP contribution in [0.4, 0.5) is 0 Å². The van der Waals surface area contributed by atoms with Crippen molar-refractivity contribution in [3.05, 3.63) is 160 Å². The summed E-state index contributed by atoms with van der Waals surface area (Å²) in [6.45, 7) is 22.0. The van der Waals surface area contributed by atoms with Crippen LogP contribution in [0.25, 0.3) is 76.9 Å². The maximum atomic E-state index is 6.65. The van der Waals surface area contributed by atoms with Crippen molar-refractivity contribution < 1.29 is 24.5 Å². The van der Waals surface area contributed by atoms with Gasteiger partial charge in [0, 0.05) is 43.3 Å². The van der Waals surface area contributed by atoms with Gasteiger partial charge in [-0.2, -0.15) is 0 Å². The summed E-state index contributed by atoms with van der Waals surface area (Å²) in [5.74, 6) is 0. The first-order chi connectivity index (χ1) is 28.1. The molecule has 0 aliphatic carbocycles. The first-order valence-corrected chi connectivity index (χ1v) is 21.2. The summed E-state index contributed by atoms with van der Waals surface area (Å²) in [7, 11) is 0. The molecule has 5 aromatic carbocycles. The van der Waals surface area contributed by atoms with Crippen molar-refractivity contribution in [2.45, 2.75) is 81.1 Å². The fraction of sp³-hybridized carbons (Fsp3) is 0.241. The zero-order valence-corrected chi connectivity index (χ0v) is 39.4. The predicted molar refractivity (Wildman–Crippen MR) is 249 cm³/mol. The number of aryl methyl sites for hydroxylation is 4. The summed E-state index contributed by atoms with van der Waals surface area (Å²) in [5.41, 5.74) is 17.7. The first-order valence-electron chi connectivity index (χ1n) is 20.4. The van der Waals surface area contributed by atoms with E-state index in [1.54, 1.807) is 11.3 Å². The molecule has 4 aromatic heterocycles. The van der Waals surface area contributed by atoms with Gasteiger partial charge in [0.2, 0.25) is 0 Å². The number of benzene rings is 5. The van der Waals surface area contributed by atoms with E-state index in [0.29, 0.717) is 0 Å². The van der Waals surface area contributed by atoms with Crippen molar-refractivity contribution in [3.8, 4) is 44.8 Å². The molecule has 0 spiro atoms. The first kappa shape index (κ1) is 42.8. The Balaban J connectivity index is 0.000000218. The van der Waals surface area contributed by atoms with Crippen LogP contribution in [0.15, 0.2) is 120 Å². The molecule has 0 aliphatic heterocycles. The number of aromatic nitrogens is 3. The normalized spacial score (nSPS) is 11.8. The number of thiazole rings is 1. The molecule has 4 heterocycles. The van der Waals surface area contributed by atoms with Crippen molar-refractivity contribution in [3.63, 3.8) is 0 Å². The molecule has 9 rings (SSSR count). The quantitative estimate of drug-likeness (QED) is 0.161. The number of nitrogens with zero attached hydrogens (tertiary/aromatic N) is 3. The predicted octanol–water partition coefficient (Wildman–Crippen LogP) is 15.1. The van der Waals surface area contributed by atoms with Crippen molar-refractivity contribution in [1.29, 1.82) is 0 Å². The van der Waals surface area contributed by atoms with Crippen LogP contribution in [0.5, 0.6) is 0 Å². The van der Waals surface area contributed by atoms with Gasteiger partial charge < -0.3 is 14.4 Å². The van der Waals surface area contributed by atoms with E-state index in [4.69, 9.17) is 14.4 Å². The number of rotatable bonds is 5. The molecular formula is C54H51IrN3OS-2. The van der Waals surface area contributed by atoms with E-state index >= 15 is 0 Å². The van der Waals surface area contributed by atoms with Crippen LogP contribution in [0.3, 0.4) is 0 Å². The Morgan fingerprint density at radius 1 is 0.667 bits per heavy atom. The van der Waals surface area contributed by atoms with Crippen LogP contribution < -0.4 is 0 Å². The van der Waals surface area contributed by atoms with E-state index < -0.39 is 0 Å². The molecule has 4 nitrogen and oxygen atoms in total. The molecule has 60 heavy (non-hydrogen) atoms. The summed E-state index contributed by atoms with van der Waals surface area (Å²) in [4.78, 5) is 14.6. The molecule has 0 fully saturated rings. The van der Waals surface area contributed by atoms with E-state index in [1.807, 2.05) is 24.4 Å². The van der Waals surface area contributed by atoms with Gasteiger partial charge in [-0.15, -0.1) is 64.9 Å². The van der Waals surface area contributed by atoms with Crippen molar-refractivity contribution in [2.75, 3.05) is 0 Å². The molecule has 305 valence electrons. The van der Waals surface area contributed by atoms with Crippen LogP contribution in [0.2, 0.25) is 0 Å². The molecule has 0 N–H and O–H groups in total. The van der Waals surface area contributed by atoms with Gasteiger partial charge in [0.1, 0.15) is 11.1 Å². The summed E-state index contributed by atoms with van der Waals surface area (Å²) in [6.07, 6.45) is 4.94. The minimum absolute atomic E-state index is 0. The van der Waals surface area contributed by atoms with E-state index in [2.05, 4.69) is 177 Å². The number of hydrogen-bond donors (Lipinski definition) is 0. The molecule has 1 radical (unpaired) electrons. The fourth-order valence-corrected chi connectivity index (χ4v) is 8.79. The zero-order valence-electron chi connectivity index (χ0n) is 36.2. The fourth-order valence-electron chi connectivity index (χ4n) is 7.77. The van der Waals surface area contributed by atoms with E-state index in [9.17, 15) is 0 Å². The molecule has 0 saturated heterocycles. The Kier molecular flexibility index (Phi) is 12.1. The number of fused-ring (bicyclic) bond motifs is 5. The van der Waals surface area contributed by atoms with Crippen LogP contribution in [-0.2, 0) is 31.9 Å². The second-order valence-electron chi connectivity index (χ2n) is 18.0. The van der Waals surface area contributed by atoms with Gasteiger partial charge in [0.15, 0.2) is 0 Å². The van der Waals surface area contributed by atoms with Crippen molar-refractivity contribution in [1.82, 2.24) is 15.0 Å². The Morgan fingerprint density at radius 3 is 2.05 bits per heavy atom. The van der Waals surface area contributed by atoms with Gasteiger partial charge in [-0.05, 0) is 94.6 Å².